The molecule has 0 unspecified atom stereocenters. The number of hydrogen-bond acceptors (Lipinski definition) is 3. The number of anilines is 1. The fourth-order valence-corrected chi connectivity index (χ4v) is 2.25. The van der Waals surface area contributed by atoms with Gasteiger partial charge in [0.1, 0.15) is 11.3 Å². The summed E-state index contributed by atoms with van der Waals surface area (Å²) in [4.78, 5) is 4.09. The van der Waals surface area contributed by atoms with Crippen LogP contribution in [0.3, 0.4) is 0 Å². The number of nitrogens with two attached hydrogens (primary N) is 1. The molecule has 0 aliphatic heterocycles. The van der Waals surface area contributed by atoms with Crippen molar-refractivity contribution in [3.63, 3.8) is 0 Å². The third-order valence-corrected chi connectivity index (χ3v) is 3.23. The number of ether oxygens (including phenoxy) is 1. The minimum Gasteiger partial charge on any atom is -0.497 e. The molecule has 0 aliphatic carbocycles. The van der Waals surface area contributed by atoms with Gasteiger partial charge in [-0.1, -0.05) is 18.2 Å². The van der Waals surface area contributed by atoms with E-state index in [1.807, 2.05) is 30.3 Å². The van der Waals surface area contributed by atoms with Crippen molar-refractivity contribution in [1.82, 2.24) is 9.55 Å². The van der Waals surface area contributed by atoms with Gasteiger partial charge in [0.2, 0.25) is 5.95 Å². The zero-order valence-corrected chi connectivity index (χ0v) is 11.0. The number of fused-ring (bicyclic) bond motifs is 1. The number of aromatic nitrogens is 2. The third kappa shape index (κ3) is 2.07. The van der Waals surface area contributed by atoms with Crippen LogP contribution in [0.4, 0.5) is 10.3 Å². The van der Waals surface area contributed by atoms with Gasteiger partial charge in [-0.15, -0.1) is 0 Å². The van der Waals surface area contributed by atoms with E-state index in [9.17, 15) is 4.39 Å². The molecule has 1 aromatic heterocycles. The topological polar surface area (TPSA) is 53.1 Å². The van der Waals surface area contributed by atoms with E-state index >= 15 is 0 Å². The van der Waals surface area contributed by atoms with Crippen LogP contribution in [0.25, 0.3) is 11.0 Å². The number of para-hydroxylation sites is 1. The fourth-order valence-electron chi connectivity index (χ4n) is 2.25. The Morgan fingerprint density at radius 3 is 2.85 bits per heavy atom. The van der Waals surface area contributed by atoms with Crippen molar-refractivity contribution in [2.75, 3.05) is 12.8 Å². The highest BCUT2D eigenvalue weighted by atomic mass is 19.1. The second-order valence-electron chi connectivity index (χ2n) is 4.52. The SMILES string of the molecule is COc1cccc(Cn2c(N)nc3c(F)cccc32)c1. The fraction of sp³-hybridized carbons (Fsp3) is 0.133. The molecule has 3 rings (SSSR count). The molecule has 3 aromatic rings. The van der Waals surface area contributed by atoms with Crippen molar-refractivity contribution in [3.8, 4) is 5.75 Å². The van der Waals surface area contributed by atoms with Gasteiger partial charge in [-0.3, -0.25) is 0 Å². The van der Waals surface area contributed by atoms with Crippen molar-refractivity contribution in [3.05, 3.63) is 53.8 Å². The molecule has 2 N–H and O–H groups in total. The molecular formula is C15H14FN3O. The molecule has 0 amide bonds. The monoisotopic (exact) mass is 271 g/mol. The summed E-state index contributed by atoms with van der Waals surface area (Å²) in [5, 5.41) is 0. The number of nitrogens with zero attached hydrogens (tertiary/aromatic N) is 2. The smallest absolute Gasteiger partial charge is 0.201 e. The average molecular weight is 271 g/mol. The van der Waals surface area contributed by atoms with E-state index in [0.29, 0.717) is 23.5 Å². The molecule has 102 valence electrons. The van der Waals surface area contributed by atoms with Crippen LogP contribution < -0.4 is 10.5 Å². The largest absolute Gasteiger partial charge is 0.497 e. The predicted octanol–water partition coefficient (Wildman–Crippen LogP) is 2.81. The minimum atomic E-state index is -0.362. The van der Waals surface area contributed by atoms with E-state index in [1.165, 1.54) is 6.07 Å². The van der Waals surface area contributed by atoms with Gasteiger partial charge >= 0.3 is 0 Å². The molecule has 1 heterocycles. The van der Waals surface area contributed by atoms with Gasteiger partial charge in [0, 0.05) is 0 Å². The minimum absolute atomic E-state index is 0.299. The van der Waals surface area contributed by atoms with Crippen LogP contribution in [-0.4, -0.2) is 16.7 Å². The standard InChI is InChI=1S/C15H14FN3O/c1-20-11-5-2-4-10(8-11)9-19-13-7-3-6-12(16)14(13)18-15(19)17/h2-8H,9H2,1H3,(H2,17,18). The van der Waals surface area contributed by atoms with Crippen LogP contribution in [0.5, 0.6) is 5.75 Å². The number of hydrogen-bond donors (Lipinski definition) is 1. The van der Waals surface area contributed by atoms with Gasteiger partial charge < -0.3 is 15.0 Å². The summed E-state index contributed by atoms with van der Waals surface area (Å²) in [5.41, 5.74) is 7.89. The van der Waals surface area contributed by atoms with Crippen LogP contribution in [0, 0.1) is 5.82 Å². The highest BCUT2D eigenvalue weighted by molar-refractivity contribution is 5.79. The predicted molar refractivity (Wildman–Crippen MR) is 76.2 cm³/mol. The summed E-state index contributed by atoms with van der Waals surface area (Å²) < 4.78 is 20.7. The second kappa shape index (κ2) is 4.85. The quantitative estimate of drug-likeness (QED) is 0.797. The normalized spacial score (nSPS) is 10.9. The lowest BCUT2D eigenvalue weighted by Crippen LogP contribution is -2.04. The van der Waals surface area contributed by atoms with Crippen molar-refractivity contribution in [2.24, 2.45) is 0 Å². The Morgan fingerprint density at radius 2 is 2.05 bits per heavy atom. The van der Waals surface area contributed by atoms with E-state index in [0.717, 1.165) is 11.3 Å². The first-order valence-electron chi connectivity index (χ1n) is 6.22. The molecule has 5 heteroatoms. The Balaban J connectivity index is 2.06. The summed E-state index contributed by atoms with van der Waals surface area (Å²) in [7, 11) is 1.62. The van der Waals surface area contributed by atoms with Crippen molar-refractivity contribution in [1.29, 1.82) is 0 Å². The van der Waals surface area contributed by atoms with E-state index in [4.69, 9.17) is 10.5 Å². The summed E-state index contributed by atoms with van der Waals surface area (Å²) in [6.45, 7) is 0.517. The number of benzene rings is 2. The van der Waals surface area contributed by atoms with Crippen LogP contribution in [-0.2, 0) is 6.54 Å². The first kappa shape index (κ1) is 12.5. The van der Waals surface area contributed by atoms with Crippen molar-refractivity contribution < 1.29 is 9.13 Å². The molecule has 2 aromatic carbocycles. The lowest BCUT2D eigenvalue weighted by atomic mass is 10.2. The van der Waals surface area contributed by atoms with Gasteiger partial charge in [0.15, 0.2) is 5.82 Å². The molecular weight excluding hydrogens is 257 g/mol. The molecule has 0 bridgehead atoms. The number of imidazole rings is 1. The van der Waals surface area contributed by atoms with Crippen LogP contribution >= 0.6 is 0 Å². The summed E-state index contributed by atoms with van der Waals surface area (Å²) in [5.74, 6) is 0.711. The van der Waals surface area contributed by atoms with Crippen molar-refractivity contribution >= 4 is 17.0 Å². The number of halogens is 1. The van der Waals surface area contributed by atoms with Gasteiger partial charge in [0.25, 0.3) is 0 Å². The second-order valence-corrected chi connectivity index (χ2v) is 4.52. The van der Waals surface area contributed by atoms with Crippen LogP contribution in [0.2, 0.25) is 0 Å². The van der Waals surface area contributed by atoms with Gasteiger partial charge in [-0.25, -0.2) is 9.37 Å². The Bertz CT molecular complexity index is 767. The molecule has 0 saturated carbocycles. The zero-order chi connectivity index (χ0) is 14.1. The number of nitrogen functional groups attached to an aromatic ring is 1. The lowest BCUT2D eigenvalue weighted by molar-refractivity contribution is 0.414. The number of rotatable bonds is 3. The Labute approximate surface area is 115 Å². The van der Waals surface area contributed by atoms with Crippen LogP contribution in [0.1, 0.15) is 5.56 Å². The molecule has 0 atom stereocenters. The Morgan fingerprint density at radius 1 is 1.25 bits per heavy atom. The van der Waals surface area contributed by atoms with E-state index in [1.54, 1.807) is 17.7 Å². The van der Waals surface area contributed by atoms with Gasteiger partial charge in [-0.05, 0) is 29.8 Å². The first-order chi connectivity index (χ1) is 9.69. The molecule has 4 nitrogen and oxygen atoms in total. The van der Waals surface area contributed by atoms with E-state index < -0.39 is 0 Å². The van der Waals surface area contributed by atoms with Gasteiger partial charge in [-0.2, -0.15) is 0 Å². The zero-order valence-electron chi connectivity index (χ0n) is 11.0. The molecule has 0 spiro atoms. The molecule has 0 saturated heterocycles. The van der Waals surface area contributed by atoms with E-state index in [2.05, 4.69) is 4.98 Å². The first-order valence-corrected chi connectivity index (χ1v) is 6.22. The highest BCUT2D eigenvalue weighted by Crippen LogP contribution is 2.22. The molecule has 0 radical (unpaired) electrons. The van der Waals surface area contributed by atoms with Crippen LogP contribution in [0.15, 0.2) is 42.5 Å². The number of methoxy groups -OCH3 is 1. The maximum absolute atomic E-state index is 13.7. The summed E-state index contributed by atoms with van der Waals surface area (Å²) >= 11 is 0. The summed E-state index contributed by atoms with van der Waals surface area (Å²) in [6.07, 6.45) is 0. The van der Waals surface area contributed by atoms with Gasteiger partial charge in [0.05, 0.1) is 19.2 Å². The Kier molecular flexibility index (Phi) is 3.02. The van der Waals surface area contributed by atoms with Crippen molar-refractivity contribution in [2.45, 2.75) is 6.54 Å². The summed E-state index contributed by atoms with van der Waals surface area (Å²) in [6, 6.07) is 12.5. The van der Waals surface area contributed by atoms with E-state index in [-0.39, 0.29) is 5.82 Å². The maximum Gasteiger partial charge on any atom is 0.201 e. The average Bonchev–Trinajstić information content (AvgIpc) is 2.78. The Hall–Kier alpha value is -2.56. The highest BCUT2D eigenvalue weighted by Gasteiger charge is 2.11. The lowest BCUT2D eigenvalue weighted by Gasteiger charge is -2.08. The maximum atomic E-state index is 13.7. The molecule has 0 aliphatic rings. The molecule has 0 fully saturated rings. The molecule has 20 heavy (non-hydrogen) atoms. The third-order valence-electron chi connectivity index (χ3n) is 3.23.